The van der Waals surface area contributed by atoms with Crippen LogP contribution in [0.3, 0.4) is 0 Å². The fraction of sp³-hybridized carbons (Fsp3) is 0.588. The zero-order valence-electron chi connectivity index (χ0n) is 13.3. The molecule has 1 heterocycles. The number of ether oxygens (including phenoxy) is 1. The summed E-state index contributed by atoms with van der Waals surface area (Å²) in [7, 11) is 0. The van der Waals surface area contributed by atoms with E-state index in [9.17, 15) is 4.79 Å². The summed E-state index contributed by atoms with van der Waals surface area (Å²) in [5, 5.41) is 3.30. The van der Waals surface area contributed by atoms with Crippen molar-refractivity contribution in [1.29, 1.82) is 0 Å². The van der Waals surface area contributed by atoms with Crippen LogP contribution in [0, 0.1) is 0 Å². The highest BCUT2D eigenvalue weighted by molar-refractivity contribution is 5.78. The molecule has 0 aliphatic carbocycles. The van der Waals surface area contributed by atoms with E-state index in [0.717, 1.165) is 31.7 Å². The molecular weight excluding hydrogens is 264 g/mol. The van der Waals surface area contributed by atoms with Gasteiger partial charge < -0.3 is 15.0 Å². The third-order valence-corrected chi connectivity index (χ3v) is 3.77. The average molecular weight is 290 g/mol. The summed E-state index contributed by atoms with van der Waals surface area (Å²) in [5.41, 5.74) is 1.17. The molecule has 1 aromatic rings. The van der Waals surface area contributed by atoms with Crippen LogP contribution >= 0.6 is 0 Å². The van der Waals surface area contributed by atoms with E-state index in [1.165, 1.54) is 5.56 Å². The molecule has 1 amide bonds. The summed E-state index contributed by atoms with van der Waals surface area (Å²) in [6.07, 6.45) is 2.46. The Hall–Kier alpha value is -1.55. The van der Waals surface area contributed by atoms with Crippen LogP contribution in [-0.2, 0) is 4.79 Å². The van der Waals surface area contributed by atoms with Crippen molar-refractivity contribution in [2.24, 2.45) is 0 Å². The van der Waals surface area contributed by atoms with Crippen LogP contribution in [0.25, 0.3) is 0 Å². The molecule has 1 fully saturated rings. The minimum Gasteiger partial charge on any atom is -0.491 e. The molecular formula is C17H26N2O2. The molecule has 4 nitrogen and oxygen atoms in total. The first-order chi connectivity index (χ1) is 10.1. The Bertz CT molecular complexity index is 450. The summed E-state index contributed by atoms with van der Waals surface area (Å²) in [4.78, 5) is 13.9. The largest absolute Gasteiger partial charge is 0.491 e. The zero-order valence-corrected chi connectivity index (χ0v) is 13.3. The number of hydrogen-bond donors (Lipinski definition) is 1. The number of nitrogens with one attached hydrogen (secondary N) is 1. The maximum atomic E-state index is 12.0. The van der Waals surface area contributed by atoms with Gasteiger partial charge in [0.05, 0.1) is 12.6 Å². The van der Waals surface area contributed by atoms with Crippen LogP contribution in [0.4, 0.5) is 0 Å². The van der Waals surface area contributed by atoms with Crippen molar-refractivity contribution in [2.75, 3.05) is 19.6 Å². The quantitative estimate of drug-likeness (QED) is 0.876. The lowest BCUT2D eigenvalue weighted by atomic mass is 10.1. The van der Waals surface area contributed by atoms with Crippen molar-refractivity contribution in [1.82, 2.24) is 10.2 Å². The number of carbonyl (C=O) groups is 1. The van der Waals surface area contributed by atoms with E-state index in [4.69, 9.17) is 4.74 Å². The van der Waals surface area contributed by atoms with E-state index in [1.54, 1.807) is 0 Å². The van der Waals surface area contributed by atoms with Gasteiger partial charge in [0.25, 0.3) is 0 Å². The van der Waals surface area contributed by atoms with Gasteiger partial charge >= 0.3 is 0 Å². The second-order valence-corrected chi connectivity index (χ2v) is 5.93. The molecule has 1 unspecified atom stereocenters. The van der Waals surface area contributed by atoms with Crippen molar-refractivity contribution in [3.8, 4) is 5.75 Å². The van der Waals surface area contributed by atoms with Crippen LogP contribution in [0.2, 0.25) is 0 Å². The number of likely N-dealkylation sites (tertiary alicyclic amines) is 1. The van der Waals surface area contributed by atoms with Crippen molar-refractivity contribution in [3.05, 3.63) is 29.8 Å². The molecule has 1 aliphatic rings. The lowest BCUT2D eigenvalue weighted by molar-refractivity contribution is -0.129. The predicted molar refractivity (Wildman–Crippen MR) is 84.4 cm³/mol. The Morgan fingerprint density at radius 3 is 2.38 bits per heavy atom. The second kappa shape index (κ2) is 7.46. The summed E-state index contributed by atoms with van der Waals surface area (Å²) >= 11 is 0. The molecule has 116 valence electrons. The Morgan fingerprint density at radius 2 is 1.81 bits per heavy atom. The van der Waals surface area contributed by atoms with Gasteiger partial charge in [0.15, 0.2) is 0 Å². The summed E-state index contributed by atoms with van der Waals surface area (Å²) < 4.78 is 5.63. The average Bonchev–Trinajstić information content (AvgIpc) is 2.99. The number of rotatable bonds is 6. The van der Waals surface area contributed by atoms with E-state index in [0.29, 0.717) is 6.54 Å². The normalized spacial score (nSPS) is 16.3. The molecule has 0 aromatic heterocycles. The van der Waals surface area contributed by atoms with Gasteiger partial charge in [-0.3, -0.25) is 4.79 Å². The Morgan fingerprint density at radius 1 is 1.19 bits per heavy atom. The maximum Gasteiger partial charge on any atom is 0.236 e. The molecule has 1 aromatic carbocycles. The highest BCUT2D eigenvalue weighted by Gasteiger charge is 2.18. The van der Waals surface area contributed by atoms with E-state index < -0.39 is 0 Å². The van der Waals surface area contributed by atoms with Gasteiger partial charge in [-0.15, -0.1) is 0 Å². The topological polar surface area (TPSA) is 41.6 Å². The van der Waals surface area contributed by atoms with Crippen molar-refractivity contribution >= 4 is 5.91 Å². The molecule has 0 bridgehead atoms. The molecule has 0 spiro atoms. The van der Waals surface area contributed by atoms with Gasteiger partial charge in [-0.05, 0) is 51.3 Å². The fourth-order valence-corrected chi connectivity index (χ4v) is 2.54. The molecule has 0 saturated carbocycles. The van der Waals surface area contributed by atoms with Crippen LogP contribution < -0.4 is 10.1 Å². The Kier molecular flexibility index (Phi) is 5.62. The summed E-state index contributed by atoms with van der Waals surface area (Å²) in [6.45, 7) is 8.34. The van der Waals surface area contributed by atoms with Crippen LogP contribution in [0.5, 0.6) is 5.75 Å². The van der Waals surface area contributed by atoms with Crippen LogP contribution in [-0.4, -0.2) is 36.5 Å². The molecule has 21 heavy (non-hydrogen) atoms. The molecule has 1 atom stereocenters. The lowest BCUT2D eigenvalue weighted by Crippen LogP contribution is -2.37. The van der Waals surface area contributed by atoms with Crippen LogP contribution in [0.1, 0.15) is 45.2 Å². The Labute approximate surface area is 127 Å². The van der Waals surface area contributed by atoms with E-state index in [1.807, 2.05) is 30.9 Å². The van der Waals surface area contributed by atoms with Gasteiger partial charge in [0, 0.05) is 19.1 Å². The monoisotopic (exact) mass is 290 g/mol. The standard InChI is InChI=1S/C17H26N2O2/c1-13(2)21-16-8-6-15(7-9-16)14(3)18-12-17(20)19-10-4-5-11-19/h6-9,13-14,18H,4-5,10-12H2,1-3H3. The summed E-state index contributed by atoms with van der Waals surface area (Å²) in [6, 6.07) is 8.22. The molecule has 0 radical (unpaired) electrons. The number of benzene rings is 1. The molecule has 1 saturated heterocycles. The third-order valence-electron chi connectivity index (χ3n) is 3.77. The van der Waals surface area contributed by atoms with Crippen LogP contribution in [0.15, 0.2) is 24.3 Å². The fourth-order valence-electron chi connectivity index (χ4n) is 2.54. The first kappa shape index (κ1) is 15.8. The van der Waals surface area contributed by atoms with Crippen molar-refractivity contribution in [2.45, 2.75) is 45.8 Å². The SMILES string of the molecule is CC(C)Oc1ccc(C(C)NCC(=O)N2CCCC2)cc1. The molecule has 1 N–H and O–H groups in total. The smallest absolute Gasteiger partial charge is 0.236 e. The zero-order chi connectivity index (χ0) is 15.2. The lowest BCUT2D eigenvalue weighted by Gasteiger charge is -2.19. The van der Waals surface area contributed by atoms with Gasteiger partial charge in [-0.1, -0.05) is 12.1 Å². The highest BCUT2D eigenvalue weighted by Crippen LogP contribution is 2.18. The minimum atomic E-state index is 0.157. The van der Waals surface area contributed by atoms with Gasteiger partial charge in [-0.2, -0.15) is 0 Å². The van der Waals surface area contributed by atoms with Gasteiger partial charge in [0.1, 0.15) is 5.75 Å². The van der Waals surface area contributed by atoms with Gasteiger partial charge in [-0.25, -0.2) is 0 Å². The molecule has 1 aliphatic heterocycles. The Balaban J connectivity index is 1.82. The van der Waals surface area contributed by atoms with E-state index >= 15 is 0 Å². The van der Waals surface area contributed by atoms with E-state index in [-0.39, 0.29) is 18.1 Å². The first-order valence-corrected chi connectivity index (χ1v) is 7.84. The first-order valence-electron chi connectivity index (χ1n) is 7.84. The molecule has 2 rings (SSSR count). The second-order valence-electron chi connectivity index (χ2n) is 5.93. The van der Waals surface area contributed by atoms with E-state index in [2.05, 4.69) is 24.4 Å². The number of nitrogens with zero attached hydrogens (tertiary/aromatic N) is 1. The minimum absolute atomic E-state index is 0.157. The number of amides is 1. The maximum absolute atomic E-state index is 12.0. The van der Waals surface area contributed by atoms with Crippen molar-refractivity contribution in [3.63, 3.8) is 0 Å². The number of hydrogen-bond acceptors (Lipinski definition) is 3. The van der Waals surface area contributed by atoms with Gasteiger partial charge in [0.2, 0.25) is 5.91 Å². The van der Waals surface area contributed by atoms with Crippen molar-refractivity contribution < 1.29 is 9.53 Å². The third kappa shape index (κ3) is 4.74. The number of carbonyl (C=O) groups excluding carboxylic acids is 1. The molecule has 4 heteroatoms. The highest BCUT2D eigenvalue weighted by atomic mass is 16.5. The predicted octanol–water partition coefficient (Wildman–Crippen LogP) is 2.75. The summed E-state index contributed by atoms with van der Waals surface area (Å²) in [5.74, 6) is 1.09.